The van der Waals surface area contributed by atoms with Crippen molar-refractivity contribution in [1.82, 2.24) is 5.43 Å². The van der Waals surface area contributed by atoms with E-state index in [1.807, 2.05) is 0 Å². The molecule has 0 aromatic heterocycles. The monoisotopic (exact) mass is 453 g/mol. The number of hydrogen-bond acceptors (Lipinski definition) is 7. The van der Waals surface area contributed by atoms with Crippen LogP contribution in [0.2, 0.25) is 5.02 Å². The average molecular weight is 454 g/mol. The van der Waals surface area contributed by atoms with Crippen LogP contribution in [0.15, 0.2) is 77.9 Å². The van der Waals surface area contributed by atoms with Gasteiger partial charge in [-0.3, -0.25) is 14.9 Å². The molecule has 162 valence electrons. The number of nitrogens with zero attached hydrogens (tertiary/aromatic N) is 2. The Morgan fingerprint density at radius 1 is 0.969 bits per heavy atom. The third-order valence-corrected chi connectivity index (χ3v) is 4.24. The van der Waals surface area contributed by atoms with E-state index in [-0.39, 0.29) is 23.6 Å². The molecule has 0 aliphatic carbocycles. The van der Waals surface area contributed by atoms with Crippen LogP contribution < -0.4 is 14.9 Å². The lowest BCUT2D eigenvalue weighted by atomic mass is 10.2. The van der Waals surface area contributed by atoms with Gasteiger partial charge in [-0.15, -0.1) is 0 Å². The van der Waals surface area contributed by atoms with Crippen molar-refractivity contribution >= 4 is 35.4 Å². The number of hydrogen-bond donors (Lipinski definition) is 1. The molecule has 0 unspecified atom stereocenters. The lowest BCUT2D eigenvalue weighted by Crippen LogP contribution is -2.24. The maximum atomic E-state index is 12.1. The van der Waals surface area contributed by atoms with E-state index in [1.165, 1.54) is 30.5 Å². The predicted octanol–water partition coefficient (Wildman–Crippen LogP) is 4.00. The Kier molecular flexibility index (Phi) is 7.50. The fraction of sp³-hybridized carbons (Fsp3) is 0.0455. The summed E-state index contributed by atoms with van der Waals surface area (Å²) in [5.41, 5.74) is 3.06. The van der Waals surface area contributed by atoms with Crippen LogP contribution in [0, 0.1) is 10.1 Å². The molecule has 1 N–H and O–H groups in total. The van der Waals surface area contributed by atoms with E-state index >= 15 is 0 Å². The number of nitro groups is 1. The normalized spacial score (nSPS) is 10.5. The van der Waals surface area contributed by atoms with Crippen molar-refractivity contribution < 1.29 is 24.0 Å². The summed E-state index contributed by atoms with van der Waals surface area (Å²) >= 11 is 5.78. The first-order chi connectivity index (χ1) is 15.4. The summed E-state index contributed by atoms with van der Waals surface area (Å²) in [4.78, 5) is 34.0. The summed E-state index contributed by atoms with van der Waals surface area (Å²) in [5, 5.41) is 15.1. The third kappa shape index (κ3) is 6.64. The second-order valence-corrected chi connectivity index (χ2v) is 6.73. The Bertz CT molecular complexity index is 1130. The van der Waals surface area contributed by atoms with Gasteiger partial charge in [0.05, 0.1) is 16.7 Å². The Hall–Kier alpha value is -4.24. The third-order valence-electron chi connectivity index (χ3n) is 3.99. The van der Waals surface area contributed by atoms with Gasteiger partial charge in [0.25, 0.3) is 11.6 Å². The fourth-order valence-electron chi connectivity index (χ4n) is 2.40. The molecule has 0 heterocycles. The van der Waals surface area contributed by atoms with E-state index < -0.39 is 16.8 Å². The van der Waals surface area contributed by atoms with Crippen molar-refractivity contribution in [2.45, 2.75) is 0 Å². The number of amides is 1. The minimum atomic E-state index is -0.644. The van der Waals surface area contributed by atoms with Crippen LogP contribution in [0.4, 0.5) is 5.69 Å². The molecule has 32 heavy (non-hydrogen) atoms. The van der Waals surface area contributed by atoms with Crippen LogP contribution >= 0.6 is 11.6 Å². The summed E-state index contributed by atoms with van der Waals surface area (Å²) in [6.45, 7) is -0.212. The van der Waals surface area contributed by atoms with E-state index in [0.29, 0.717) is 16.3 Å². The fourth-order valence-corrected chi connectivity index (χ4v) is 2.52. The number of carbonyl (C=O) groups excluding carboxylic acids is 2. The molecule has 1 amide bonds. The van der Waals surface area contributed by atoms with Gasteiger partial charge < -0.3 is 9.47 Å². The van der Waals surface area contributed by atoms with Gasteiger partial charge in [0.1, 0.15) is 11.5 Å². The van der Waals surface area contributed by atoms with Crippen molar-refractivity contribution in [3.63, 3.8) is 0 Å². The number of non-ortho nitro benzene ring substituents is 1. The second kappa shape index (κ2) is 10.7. The van der Waals surface area contributed by atoms with Crippen LogP contribution in [0.3, 0.4) is 0 Å². The average Bonchev–Trinajstić information content (AvgIpc) is 2.80. The highest BCUT2D eigenvalue weighted by molar-refractivity contribution is 6.30. The van der Waals surface area contributed by atoms with Gasteiger partial charge >= 0.3 is 5.97 Å². The Labute approximate surface area is 187 Å². The molecular weight excluding hydrogens is 438 g/mol. The van der Waals surface area contributed by atoms with Crippen LogP contribution in [0.1, 0.15) is 15.9 Å². The van der Waals surface area contributed by atoms with Crippen molar-refractivity contribution in [3.05, 3.63) is 99.1 Å². The smallest absolute Gasteiger partial charge is 0.343 e. The molecule has 3 aromatic rings. The molecule has 0 bridgehead atoms. The molecule has 0 spiro atoms. The largest absolute Gasteiger partial charge is 0.484 e. The number of esters is 1. The number of rotatable bonds is 8. The van der Waals surface area contributed by atoms with Crippen LogP contribution in [0.5, 0.6) is 11.5 Å². The summed E-state index contributed by atoms with van der Waals surface area (Å²) in [5.74, 6) is -0.294. The van der Waals surface area contributed by atoms with E-state index in [2.05, 4.69) is 10.5 Å². The zero-order chi connectivity index (χ0) is 22.9. The van der Waals surface area contributed by atoms with E-state index in [9.17, 15) is 19.7 Å². The molecule has 0 aliphatic rings. The number of hydrazone groups is 1. The van der Waals surface area contributed by atoms with Gasteiger partial charge in [-0.25, -0.2) is 10.2 Å². The lowest BCUT2D eigenvalue weighted by molar-refractivity contribution is -0.384. The molecule has 3 aromatic carbocycles. The second-order valence-electron chi connectivity index (χ2n) is 6.30. The molecule has 0 atom stereocenters. The van der Waals surface area contributed by atoms with Gasteiger partial charge in [0.15, 0.2) is 6.61 Å². The first kappa shape index (κ1) is 22.4. The Morgan fingerprint density at radius 2 is 1.59 bits per heavy atom. The zero-order valence-corrected chi connectivity index (χ0v) is 17.2. The SMILES string of the molecule is O=C(COc1ccc(Cl)cc1)NN=Cc1ccc(OC(=O)c2ccc([N+](=O)[O-])cc2)cc1. The number of nitrogens with one attached hydrogen (secondary N) is 1. The van der Waals surface area contributed by atoms with Gasteiger partial charge in [-0.05, 0) is 66.2 Å². The highest BCUT2D eigenvalue weighted by Crippen LogP contribution is 2.17. The summed E-state index contributed by atoms with van der Waals surface area (Å²) in [6.07, 6.45) is 1.42. The first-order valence-corrected chi connectivity index (χ1v) is 9.55. The van der Waals surface area contributed by atoms with Gasteiger partial charge in [0.2, 0.25) is 0 Å². The summed E-state index contributed by atoms with van der Waals surface area (Å²) < 4.78 is 10.5. The molecule has 0 aliphatic heterocycles. The maximum Gasteiger partial charge on any atom is 0.343 e. The summed E-state index contributed by atoms with van der Waals surface area (Å²) in [7, 11) is 0. The number of benzene rings is 3. The van der Waals surface area contributed by atoms with Crippen molar-refractivity contribution in [3.8, 4) is 11.5 Å². The minimum Gasteiger partial charge on any atom is -0.484 e. The van der Waals surface area contributed by atoms with Crippen LogP contribution in [0.25, 0.3) is 0 Å². The quantitative estimate of drug-likeness (QED) is 0.181. The maximum absolute atomic E-state index is 12.1. The minimum absolute atomic E-state index is 0.117. The first-order valence-electron chi connectivity index (χ1n) is 9.18. The van der Waals surface area contributed by atoms with Crippen LogP contribution in [-0.4, -0.2) is 29.6 Å². The Balaban J connectivity index is 1.46. The molecule has 3 rings (SSSR count). The van der Waals surface area contributed by atoms with Gasteiger partial charge in [-0.1, -0.05) is 11.6 Å². The molecule has 10 heteroatoms. The van der Waals surface area contributed by atoms with E-state index in [4.69, 9.17) is 21.1 Å². The molecular formula is C22H16ClN3O6. The molecule has 0 saturated heterocycles. The van der Waals surface area contributed by atoms with Gasteiger partial charge in [0, 0.05) is 17.2 Å². The molecule has 0 saturated carbocycles. The van der Waals surface area contributed by atoms with Crippen molar-refractivity contribution in [2.24, 2.45) is 5.10 Å². The van der Waals surface area contributed by atoms with Crippen molar-refractivity contribution in [1.29, 1.82) is 0 Å². The predicted molar refractivity (Wildman–Crippen MR) is 117 cm³/mol. The topological polar surface area (TPSA) is 120 Å². The Morgan fingerprint density at radius 3 is 2.22 bits per heavy atom. The lowest BCUT2D eigenvalue weighted by Gasteiger charge is -2.05. The molecule has 0 radical (unpaired) electrons. The van der Waals surface area contributed by atoms with Crippen LogP contribution in [-0.2, 0) is 4.79 Å². The van der Waals surface area contributed by atoms with Crippen molar-refractivity contribution in [2.75, 3.05) is 6.61 Å². The number of halogens is 1. The molecule has 9 nitrogen and oxygen atoms in total. The van der Waals surface area contributed by atoms with Gasteiger partial charge in [-0.2, -0.15) is 5.10 Å². The number of nitro benzene ring substituents is 1. The number of carbonyl (C=O) groups is 2. The number of ether oxygens (including phenoxy) is 2. The molecule has 0 fully saturated rings. The highest BCUT2D eigenvalue weighted by atomic mass is 35.5. The van der Waals surface area contributed by atoms with E-state index in [1.54, 1.807) is 48.5 Å². The standard InChI is InChI=1S/C22H16ClN3O6/c23-17-5-11-19(12-6-17)31-14-21(27)25-24-13-15-1-9-20(10-2-15)32-22(28)16-3-7-18(8-4-16)26(29)30/h1-13H,14H2,(H,25,27). The highest BCUT2D eigenvalue weighted by Gasteiger charge is 2.11. The zero-order valence-electron chi connectivity index (χ0n) is 16.4. The van der Waals surface area contributed by atoms with E-state index in [0.717, 1.165) is 0 Å². The summed E-state index contributed by atoms with van der Waals surface area (Å²) in [6, 6.07) is 18.1.